The molecule has 60 heavy (non-hydrogen) atoms. The molecule has 0 spiro atoms. The van der Waals surface area contributed by atoms with E-state index in [1.165, 1.54) is 71.5 Å². The van der Waals surface area contributed by atoms with Crippen molar-refractivity contribution in [1.82, 2.24) is 4.57 Å². The van der Waals surface area contributed by atoms with Crippen LogP contribution < -0.4 is 4.90 Å². The van der Waals surface area contributed by atoms with E-state index < -0.39 is 0 Å². The van der Waals surface area contributed by atoms with Crippen molar-refractivity contribution >= 4 is 49.6 Å². The second kappa shape index (κ2) is 15.1. The van der Waals surface area contributed by atoms with E-state index in [0.29, 0.717) is 0 Å². The number of benzene rings is 10. The highest BCUT2D eigenvalue weighted by Gasteiger charge is 2.21. The predicted molar refractivity (Wildman–Crippen MR) is 255 cm³/mol. The second-order valence-electron chi connectivity index (χ2n) is 15.3. The summed E-state index contributed by atoms with van der Waals surface area (Å²) in [6.45, 7) is 0. The van der Waals surface area contributed by atoms with Gasteiger partial charge in [0.05, 0.1) is 16.7 Å². The minimum Gasteiger partial charge on any atom is -0.310 e. The van der Waals surface area contributed by atoms with Crippen molar-refractivity contribution in [2.75, 3.05) is 4.90 Å². The third-order valence-electron chi connectivity index (χ3n) is 11.8. The number of rotatable bonds is 8. The van der Waals surface area contributed by atoms with Crippen molar-refractivity contribution in [1.29, 1.82) is 0 Å². The number of hydrogen-bond acceptors (Lipinski definition) is 1. The summed E-state index contributed by atoms with van der Waals surface area (Å²) < 4.78 is 2.38. The minimum atomic E-state index is 1.07. The molecule has 11 aromatic rings. The third kappa shape index (κ3) is 6.14. The molecule has 0 atom stereocenters. The highest BCUT2D eigenvalue weighted by Crippen LogP contribution is 2.46. The van der Waals surface area contributed by atoms with Crippen LogP contribution in [-0.2, 0) is 0 Å². The van der Waals surface area contributed by atoms with Crippen molar-refractivity contribution in [3.63, 3.8) is 0 Å². The maximum absolute atomic E-state index is 2.43. The van der Waals surface area contributed by atoms with Gasteiger partial charge in [-0.1, -0.05) is 188 Å². The zero-order valence-electron chi connectivity index (χ0n) is 33.0. The molecule has 2 heteroatoms. The number of para-hydroxylation sites is 3. The number of fused-ring (bicyclic) bond motifs is 4. The molecule has 282 valence electrons. The van der Waals surface area contributed by atoms with Gasteiger partial charge < -0.3 is 9.47 Å². The van der Waals surface area contributed by atoms with Gasteiger partial charge in [-0.3, -0.25) is 0 Å². The summed E-state index contributed by atoms with van der Waals surface area (Å²) in [6, 6.07) is 87.9. The Bertz CT molecular complexity index is 3260. The molecule has 0 amide bonds. The van der Waals surface area contributed by atoms with E-state index >= 15 is 0 Å². The predicted octanol–water partition coefficient (Wildman–Crippen LogP) is 16.1. The van der Waals surface area contributed by atoms with Gasteiger partial charge in [0.2, 0.25) is 0 Å². The summed E-state index contributed by atoms with van der Waals surface area (Å²) in [6.07, 6.45) is 0. The molecule has 1 aromatic heterocycles. The first-order valence-corrected chi connectivity index (χ1v) is 20.6. The Balaban J connectivity index is 1.11. The smallest absolute Gasteiger partial charge is 0.0541 e. The zero-order chi connectivity index (χ0) is 39.8. The molecule has 10 aromatic carbocycles. The van der Waals surface area contributed by atoms with Crippen LogP contribution in [0.5, 0.6) is 0 Å². The first-order chi connectivity index (χ1) is 29.8. The van der Waals surface area contributed by atoms with Crippen LogP contribution in [0.3, 0.4) is 0 Å². The summed E-state index contributed by atoms with van der Waals surface area (Å²) >= 11 is 0. The fraction of sp³-hybridized carbons (Fsp3) is 0. The normalized spacial score (nSPS) is 11.3. The molecule has 0 aliphatic heterocycles. The zero-order valence-corrected chi connectivity index (χ0v) is 33.0. The van der Waals surface area contributed by atoms with Crippen molar-refractivity contribution in [3.8, 4) is 50.2 Å². The van der Waals surface area contributed by atoms with E-state index in [9.17, 15) is 0 Å². The Kier molecular flexibility index (Phi) is 8.87. The van der Waals surface area contributed by atoms with Crippen molar-refractivity contribution in [3.05, 3.63) is 243 Å². The van der Waals surface area contributed by atoms with Crippen LogP contribution in [0.1, 0.15) is 0 Å². The fourth-order valence-electron chi connectivity index (χ4n) is 9.11. The minimum absolute atomic E-state index is 1.07. The molecule has 0 unspecified atom stereocenters. The van der Waals surface area contributed by atoms with Crippen molar-refractivity contribution in [2.24, 2.45) is 0 Å². The average molecular weight is 765 g/mol. The van der Waals surface area contributed by atoms with Gasteiger partial charge in [0.25, 0.3) is 0 Å². The number of anilines is 3. The molecule has 0 saturated carbocycles. The summed E-state index contributed by atoms with van der Waals surface area (Å²) in [5.74, 6) is 0. The van der Waals surface area contributed by atoms with Crippen LogP contribution in [0.25, 0.3) is 82.8 Å². The Hall–Kier alpha value is -7.94. The van der Waals surface area contributed by atoms with Gasteiger partial charge in [-0.2, -0.15) is 0 Å². The summed E-state index contributed by atoms with van der Waals surface area (Å²) in [4.78, 5) is 2.43. The van der Waals surface area contributed by atoms with Gasteiger partial charge in [-0.05, 0) is 104 Å². The largest absolute Gasteiger partial charge is 0.310 e. The Morgan fingerprint density at radius 3 is 1.48 bits per heavy atom. The maximum Gasteiger partial charge on any atom is 0.0541 e. The van der Waals surface area contributed by atoms with Crippen LogP contribution in [0.2, 0.25) is 0 Å². The fourth-order valence-corrected chi connectivity index (χ4v) is 9.11. The van der Waals surface area contributed by atoms with Crippen LogP contribution >= 0.6 is 0 Å². The quantitative estimate of drug-likeness (QED) is 0.150. The van der Waals surface area contributed by atoms with Crippen LogP contribution in [0.4, 0.5) is 17.1 Å². The molecule has 0 N–H and O–H groups in total. The maximum atomic E-state index is 2.43. The number of nitrogens with zero attached hydrogens (tertiary/aromatic N) is 2. The van der Waals surface area contributed by atoms with Gasteiger partial charge in [0, 0.05) is 33.4 Å². The molecular weight excluding hydrogens is 725 g/mol. The molecule has 0 bridgehead atoms. The van der Waals surface area contributed by atoms with E-state index in [-0.39, 0.29) is 0 Å². The van der Waals surface area contributed by atoms with E-state index in [1.54, 1.807) is 0 Å². The highest BCUT2D eigenvalue weighted by atomic mass is 15.1. The van der Waals surface area contributed by atoms with Gasteiger partial charge in [-0.25, -0.2) is 0 Å². The molecule has 0 radical (unpaired) electrons. The summed E-state index contributed by atoms with van der Waals surface area (Å²) in [7, 11) is 0. The lowest BCUT2D eigenvalue weighted by Crippen LogP contribution is -2.11. The molecule has 0 aliphatic rings. The van der Waals surface area contributed by atoms with Gasteiger partial charge in [-0.15, -0.1) is 0 Å². The molecule has 0 saturated heterocycles. The monoisotopic (exact) mass is 764 g/mol. The van der Waals surface area contributed by atoms with Crippen LogP contribution in [-0.4, -0.2) is 4.57 Å². The van der Waals surface area contributed by atoms with Gasteiger partial charge in [0.15, 0.2) is 0 Å². The molecule has 0 aliphatic carbocycles. The molecule has 2 nitrogen and oxygen atoms in total. The summed E-state index contributed by atoms with van der Waals surface area (Å²) in [5, 5.41) is 4.98. The molecular formula is C58H40N2. The lowest BCUT2D eigenvalue weighted by molar-refractivity contribution is 1.17. The Morgan fingerprint density at radius 2 is 0.767 bits per heavy atom. The van der Waals surface area contributed by atoms with Crippen LogP contribution in [0.15, 0.2) is 243 Å². The number of hydrogen-bond donors (Lipinski definition) is 0. The SMILES string of the molecule is c1ccc(-c2ccccc2-c2ccccc2-c2ccccc2N(c2ccc(-n3c4ccccc4c4ccccc43)cc2)c2cccc(-c3cccc4ccccc34)c2)cc1. The van der Waals surface area contributed by atoms with E-state index in [4.69, 9.17) is 0 Å². The number of aromatic nitrogens is 1. The Morgan fingerprint density at radius 1 is 0.283 bits per heavy atom. The van der Waals surface area contributed by atoms with Gasteiger partial charge >= 0.3 is 0 Å². The lowest BCUT2D eigenvalue weighted by atomic mass is 9.88. The first-order valence-electron chi connectivity index (χ1n) is 20.6. The second-order valence-corrected chi connectivity index (χ2v) is 15.3. The lowest BCUT2D eigenvalue weighted by Gasteiger charge is -2.29. The Labute approximate surface area is 350 Å². The van der Waals surface area contributed by atoms with E-state index in [1.807, 2.05) is 0 Å². The summed E-state index contributed by atoms with van der Waals surface area (Å²) in [5.41, 5.74) is 16.3. The highest BCUT2D eigenvalue weighted by molar-refractivity contribution is 6.09. The van der Waals surface area contributed by atoms with Crippen molar-refractivity contribution in [2.45, 2.75) is 0 Å². The van der Waals surface area contributed by atoms with Crippen LogP contribution in [0, 0.1) is 0 Å². The van der Waals surface area contributed by atoms with E-state index in [0.717, 1.165) is 28.3 Å². The third-order valence-corrected chi connectivity index (χ3v) is 11.8. The van der Waals surface area contributed by atoms with E-state index in [2.05, 4.69) is 252 Å². The van der Waals surface area contributed by atoms with Gasteiger partial charge in [0.1, 0.15) is 0 Å². The first kappa shape index (κ1) is 35.2. The average Bonchev–Trinajstić information content (AvgIpc) is 3.67. The van der Waals surface area contributed by atoms with Crippen molar-refractivity contribution < 1.29 is 0 Å². The topological polar surface area (TPSA) is 8.17 Å². The molecule has 11 rings (SSSR count). The molecule has 1 heterocycles. The molecule has 0 fully saturated rings. The standard InChI is InChI=1S/C58H40N2/c1-2-18-41(19-3-1)48-25-6-7-26-50(48)51-27-8-9-28-52(51)53-29-10-13-33-56(53)59(46-23-16-22-43(40-46)49-32-17-21-42-20-4-5-24-47(42)49)44-36-38-45(39-37-44)60-57-34-14-11-30-54(57)55-31-12-15-35-58(55)60/h1-40H.